The number of hydrogen-bond donors (Lipinski definition) is 4. The minimum Gasteiger partial charge on any atom is -0.399 e. The van der Waals surface area contributed by atoms with Crippen LogP contribution in [0, 0.1) is 0 Å². The molecular weight excluding hydrogens is 863 g/mol. The van der Waals surface area contributed by atoms with E-state index in [9.17, 15) is 9.59 Å². The Morgan fingerprint density at radius 3 is 1.70 bits per heavy atom. The zero-order valence-electron chi connectivity index (χ0n) is 36.7. The highest BCUT2D eigenvalue weighted by molar-refractivity contribution is 6.62. The van der Waals surface area contributed by atoms with Gasteiger partial charge in [0, 0.05) is 74.4 Å². The largest absolute Gasteiger partial charge is 0.496 e. The minimum absolute atomic E-state index is 0.0662. The van der Waals surface area contributed by atoms with E-state index in [1.807, 2.05) is 58.0 Å². The summed E-state index contributed by atoms with van der Waals surface area (Å²) in [5.74, 6) is 3.02. The van der Waals surface area contributed by atoms with Crippen LogP contribution in [0.15, 0.2) is 98.1 Å². The van der Waals surface area contributed by atoms with Crippen molar-refractivity contribution >= 4 is 82.5 Å². The zero-order chi connectivity index (χ0) is 46.2. The number of halogens is 1. The summed E-state index contributed by atoms with van der Waals surface area (Å²) in [5, 5.41) is 5.97. The molecule has 4 amide bonds. The number of amides is 4. The van der Waals surface area contributed by atoms with Crippen LogP contribution in [0.2, 0.25) is 5.15 Å². The number of nitrogens with one attached hydrogen (secondary N) is 2. The molecule has 5 aliphatic rings. The van der Waals surface area contributed by atoms with E-state index < -0.39 is 0 Å². The van der Waals surface area contributed by atoms with Gasteiger partial charge in [0.1, 0.15) is 16.8 Å². The van der Waals surface area contributed by atoms with Gasteiger partial charge in [0.2, 0.25) is 0 Å². The lowest BCUT2D eigenvalue weighted by Gasteiger charge is -2.35. The van der Waals surface area contributed by atoms with Crippen LogP contribution in [-0.4, -0.2) is 109 Å². The van der Waals surface area contributed by atoms with E-state index in [-0.39, 0.29) is 42.5 Å². The molecule has 5 aliphatic heterocycles. The lowest BCUT2D eigenvalue weighted by Crippen LogP contribution is -2.48. The Morgan fingerprint density at radius 1 is 0.667 bits per heavy atom. The molecule has 20 nitrogen and oxygen atoms in total. The van der Waals surface area contributed by atoms with Gasteiger partial charge in [0.05, 0.1) is 52.7 Å². The van der Waals surface area contributed by atoms with E-state index in [4.69, 9.17) is 37.4 Å². The lowest BCUT2D eigenvalue weighted by molar-refractivity contribution is 0.00578. The number of rotatable bonds is 4. The fourth-order valence-electron chi connectivity index (χ4n) is 8.24. The van der Waals surface area contributed by atoms with Crippen LogP contribution in [0.4, 0.5) is 55.9 Å². The van der Waals surface area contributed by atoms with Gasteiger partial charge < -0.3 is 30.6 Å². The lowest BCUT2D eigenvalue weighted by atomic mass is 9.80. The molecule has 0 aromatic carbocycles. The predicted molar refractivity (Wildman–Crippen MR) is 254 cm³/mol. The summed E-state index contributed by atoms with van der Waals surface area (Å²) in [5.41, 5.74) is 15.0. The molecular formula is C44H48BClN16O4. The minimum atomic E-state index is -0.363. The first-order chi connectivity index (χ1) is 31.7. The number of aromatic nitrogens is 8. The van der Waals surface area contributed by atoms with Crippen LogP contribution < -0.4 is 47.2 Å². The maximum absolute atomic E-state index is 13.1. The van der Waals surface area contributed by atoms with Crippen molar-refractivity contribution in [2.75, 3.05) is 67.9 Å². The molecule has 2 atom stereocenters. The number of nitrogen functional groups attached to an aromatic ring is 2. The molecule has 0 aliphatic carbocycles. The van der Waals surface area contributed by atoms with Crippen LogP contribution >= 0.6 is 11.6 Å². The smallest absolute Gasteiger partial charge is 0.399 e. The van der Waals surface area contributed by atoms with Crippen LogP contribution in [0.5, 0.6) is 0 Å². The summed E-state index contributed by atoms with van der Waals surface area (Å²) in [6, 6.07) is 14.5. The van der Waals surface area contributed by atoms with Crippen molar-refractivity contribution < 1.29 is 18.9 Å². The highest BCUT2D eigenvalue weighted by Crippen LogP contribution is 2.42. The number of nitrogens with zero attached hydrogens (tertiary/aromatic N) is 12. The van der Waals surface area contributed by atoms with Crippen LogP contribution in [0.25, 0.3) is 11.3 Å². The van der Waals surface area contributed by atoms with Crippen molar-refractivity contribution in [3.63, 3.8) is 0 Å². The van der Waals surface area contributed by atoms with Gasteiger partial charge in [-0.2, -0.15) is 0 Å². The molecule has 6 N–H and O–H groups in total. The van der Waals surface area contributed by atoms with Gasteiger partial charge in [0.15, 0.2) is 23.3 Å². The SMILES string of the molecule is CC1(C)OB(c2ccc(N)nc2)OC1(C)C.Nc1ccc(-c2ccc3c(n2)N(C(=O)Nc2cnccn2)[C@H]2CCN3C2)cn1.O=C(Nc1cnccn1)N1c2nc(Cl)ccc2N2CC[C@H]1C2. The molecule has 6 aromatic rings. The number of carbonyl (C=O) groups excluding carboxylic acids is 2. The van der Waals surface area contributed by atoms with E-state index in [0.29, 0.717) is 40.1 Å². The van der Waals surface area contributed by atoms with Crippen molar-refractivity contribution in [1.29, 1.82) is 0 Å². The van der Waals surface area contributed by atoms with Crippen LogP contribution in [0.1, 0.15) is 40.5 Å². The number of anilines is 8. The van der Waals surface area contributed by atoms with Crippen LogP contribution in [-0.2, 0) is 9.31 Å². The second kappa shape index (κ2) is 18.0. The number of pyridine rings is 4. The van der Waals surface area contributed by atoms with Crippen molar-refractivity contribution in [3.05, 3.63) is 103 Å². The van der Waals surface area contributed by atoms with E-state index in [1.54, 1.807) is 59.0 Å². The summed E-state index contributed by atoms with van der Waals surface area (Å²) in [7, 11) is -0.363. The third kappa shape index (κ3) is 9.04. The number of carbonyl (C=O) groups is 2. The molecule has 6 aromatic heterocycles. The van der Waals surface area contributed by atoms with Crippen LogP contribution in [0.3, 0.4) is 0 Å². The van der Waals surface area contributed by atoms with Crippen molar-refractivity contribution in [1.82, 2.24) is 39.9 Å². The maximum Gasteiger partial charge on any atom is 0.496 e. The third-order valence-corrected chi connectivity index (χ3v) is 12.5. The van der Waals surface area contributed by atoms with Gasteiger partial charge in [-0.25, -0.2) is 39.5 Å². The summed E-state index contributed by atoms with van der Waals surface area (Å²) >= 11 is 6.01. The predicted octanol–water partition coefficient (Wildman–Crippen LogP) is 5.27. The first-order valence-corrected chi connectivity index (χ1v) is 21.8. The molecule has 11 rings (SSSR count). The molecule has 0 unspecified atom stereocenters. The Hall–Kier alpha value is -7.23. The van der Waals surface area contributed by atoms with E-state index >= 15 is 0 Å². The van der Waals surface area contributed by atoms with Gasteiger partial charge >= 0.3 is 19.2 Å². The number of fused-ring (bicyclic) bond motifs is 8. The molecule has 3 fully saturated rings. The molecule has 11 heterocycles. The highest BCUT2D eigenvalue weighted by Gasteiger charge is 2.52. The first kappa shape index (κ1) is 44.0. The molecule has 0 spiro atoms. The monoisotopic (exact) mass is 910 g/mol. The molecule has 3 saturated heterocycles. The summed E-state index contributed by atoms with van der Waals surface area (Å²) < 4.78 is 11.8. The van der Waals surface area contributed by atoms with E-state index in [0.717, 1.165) is 67.1 Å². The molecule has 22 heteroatoms. The Morgan fingerprint density at radius 2 is 1.20 bits per heavy atom. The second-order valence-electron chi connectivity index (χ2n) is 17.2. The fraction of sp³-hybridized carbons (Fsp3) is 0.318. The highest BCUT2D eigenvalue weighted by atomic mass is 35.5. The maximum atomic E-state index is 13.1. The standard InChI is InChI=1S/C19H18N8O.C14H13ClN6O.C11H17BN2O2/c20-16-4-1-12(9-23-16)14-2-3-15-18(24-14)27(13-5-8-26(15)11-13)19(28)25-17-10-21-6-7-22-17;15-11-2-1-10-13(18-11)21(9-3-6-20(10)8-9)14(22)19-12-7-16-4-5-17-12;1-10(2)11(3,4)16-12(15-10)8-5-6-9(13)14-7-8/h1-4,6-7,9-10,13H,5,8,11H2,(H2,20,23)(H,22,25,28);1-2,4-5,7,9H,3,6,8H2,(H,17,19,22);5-7H,1-4H3,(H2,13,14)/t13-;9-;/m00./s1. The summed E-state index contributed by atoms with van der Waals surface area (Å²) in [4.78, 5) is 67.1. The summed E-state index contributed by atoms with van der Waals surface area (Å²) in [6.07, 6.45) is 14.4. The first-order valence-electron chi connectivity index (χ1n) is 21.4. The molecule has 4 bridgehead atoms. The fourth-order valence-corrected chi connectivity index (χ4v) is 8.38. The Labute approximate surface area is 386 Å². The second-order valence-corrected chi connectivity index (χ2v) is 17.5. The van der Waals surface area contributed by atoms with Gasteiger partial charge in [-0.15, -0.1) is 0 Å². The molecule has 338 valence electrons. The van der Waals surface area contributed by atoms with Crippen molar-refractivity contribution in [2.45, 2.75) is 63.8 Å². The molecule has 0 radical (unpaired) electrons. The summed E-state index contributed by atoms with van der Waals surface area (Å²) in [6.45, 7) is 11.5. The number of nitrogens with two attached hydrogens (primary N) is 2. The Bertz CT molecular complexity index is 2690. The Balaban J connectivity index is 0.000000130. The average molecular weight is 911 g/mol. The number of hydrogen-bond acceptors (Lipinski definition) is 16. The Kier molecular flexibility index (Phi) is 12.0. The topological polar surface area (TPSA) is 245 Å². The average Bonchev–Trinajstić information content (AvgIpc) is 3.98. The van der Waals surface area contributed by atoms with Gasteiger partial charge in [-0.05, 0) is 83.0 Å². The normalized spacial score (nSPS) is 19.1. The van der Waals surface area contributed by atoms with Gasteiger partial charge in [-0.3, -0.25) is 30.4 Å². The van der Waals surface area contributed by atoms with E-state index in [1.165, 1.54) is 18.6 Å². The zero-order valence-corrected chi connectivity index (χ0v) is 37.5. The van der Waals surface area contributed by atoms with Gasteiger partial charge in [0.25, 0.3) is 0 Å². The third-order valence-electron chi connectivity index (χ3n) is 12.3. The van der Waals surface area contributed by atoms with Crippen molar-refractivity contribution in [3.8, 4) is 11.3 Å². The quantitative estimate of drug-likeness (QED) is 0.130. The van der Waals surface area contributed by atoms with Crippen molar-refractivity contribution in [2.24, 2.45) is 0 Å². The molecule has 66 heavy (non-hydrogen) atoms. The molecule has 0 saturated carbocycles. The number of urea groups is 2. The van der Waals surface area contributed by atoms with E-state index in [2.05, 4.69) is 55.3 Å². The van der Waals surface area contributed by atoms with Gasteiger partial charge in [-0.1, -0.05) is 17.7 Å².